The molecule has 0 spiro atoms. The molecule has 12 heteroatoms. The van der Waals surface area contributed by atoms with Gasteiger partial charge in [0.05, 0.1) is 12.1 Å². The number of likely N-dealkylation sites (tertiary alicyclic amines) is 1. The van der Waals surface area contributed by atoms with Crippen molar-refractivity contribution in [2.45, 2.75) is 50.3 Å². The van der Waals surface area contributed by atoms with Gasteiger partial charge in [-0.2, -0.15) is 21.6 Å². The molecule has 0 radical (unpaired) electrons. The summed E-state index contributed by atoms with van der Waals surface area (Å²) in [6, 6.07) is 0. The summed E-state index contributed by atoms with van der Waals surface area (Å²) in [4.78, 5) is 0.585. The van der Waals surface area contributed by atoms with Crippen LogP contribution in [0.1, 0.15) is 20.8 Å². The average molecular weight is 357 g/mol. The van der Waals surface area contributed by atoms with Crippen LogP contribution in [0.25, 0.3) is 0 Å². The van der Waals surface area contributed by atoms with Crippen LogP contribution < -0.4 is 0 Å². The van der Waals surface area contributed by atoms with Crippen molar-refractivity contribution in [3.8, 4) is 0 Å². The number of hydrogen-bond acceptors (Lipinski definition) is 6. The van der Waals surface area contributed by atoms with E-state index < -0.39 is 52.8 Å². The summed E-state index contributed by atoms with van der Waals surface area (Å²) in [6.07, 6.45) is -4.41. The molecular weight excluding hydrogens is 341 g/mol. The van der Waals surface area contributed by atoms with Crippen molar-refractivity contribution in [3.05, 3.63) is 0 Å². The van der Waals surface area contributed by atoms with Crippen LogP contribution in [0.5, 0.6) is 0 Å². The van der Waals surface area contributed by atoms with Crippen molar-refractivity contribution in [2.24, 2.45) is 0 Å². The Labute approximate surface area is 123 Å². The highest BCUT2D eigenvalue weighted by molar-refractivity contribution is 7.87. The van der Waals surface area contributed by atoms with Crippen molar-refractivity contribution in [2.75, 3.05) is 13.1 Å². The standard InChI is InChI=1S/C10H16F5NO5S/c1-8(2,3)20-7(17)16-4-6(9(11,12)5-16)21-22(18,19)10(13,14)15/h6-7,17H,4-5H2,1-3H3. The van der Waals surface area contributed by atoms with Crippen LogP contribution in [0.3, 0.4) is 0 Å². The van der Waals surface area contributed by atoms with Gasteiger partial charge in [-0.05, 0) is 20.8 Å². The molecule has 1 saturated heterocycles. The first-order valence-electron chi connectivity index (χ1n) is 6.02. The second-order valence-electron chi connectivity index (χ2n) is 5.73. The quantitative estimate of drug-likeness (QED) is 0.353. The van der Waals surface area contributed by atoms with Crippen LogP contribution in [0.4, 0.5) is 22.0 Å². The van der Waals surface area contributed by atoms with E-state index in [1.54, 1.807) is 0 Å². The Hall–Kier alpha value is -0.560. The van der Waals surface area contributed by atoms with E-state index in [0.29, 0.717) is 4.90 Å². The Kier molecular flexibility index (Phi) is 5.15. The van der Waals surface area contributed by atoms with Gasteiger partial charge in [0.25, 0.3) is 5.92 Å². The maximum Gasteiger partial charge on any atom is 0.523 e. The number of alkyl halides is 5. The zero-order chi connectivity index (χ0) is 17.6. The second kappa shape index (κ2) is 5.82. The van der Waals surface area contributed by atoms with Crippen molar-refractivity contribution in [1.29, 1.82) is 0 Å². The molecule has 132 valence electrons. The van der Waals surface area contributed by atoms with E-state index in [-0.39, 0.29) is 0 Å². The van der Waals surface area contributed by atoms with Gasteiger partial charge in [-0.1, -0.05) is 0 Å². The number of rotatable bonds is 4. The fraction of sp³-hybridized carbons (Fsp3) is 1.00. The van der Waals surface area contributed by atoms with Crippen LogP contribution in [-0.4, -0.2) is 61.1 Å². The number of ether oxygens (including phenoxy) is 1. The first-order chi connectivity index (χ1) is 9.55. The molecule has 0 aromatic rings. The van der Waals surface area contributed by atoms with E-state index in [0.717, 1.165) is 0 Å². The van der Waals surface area contributed by atoms with Crippen LogP contribution in [0.2, 0.25) is 0 Å². The third-order valence-corrected chi connectivity index (χ3v) is 3.64. The van der Waals surface area contributed by atoms with Crippen LogP contribution in [-0.2, 0) is 19.0 Å². The second-order valence-corrected chi connectivity index (χ2v) is 7.30. The lowest BCUT2D eigenvalue weighted by Gasteiger charge is -2.29. The van der Waals surface area contributed by atoms with Crippen molar-refractivity contribution in [3.63, 3.8) is 0 Å². The van der Waals surface area contributed by atoms with Crippen LogP contribution >= 0.6 is 0 Å². The minimum atomic E-state index is -6.17. The van der Waals surface area contributed by atoms with Crippen molar-refractivity contribution < 1.29 is 44.4 Å². The summed E-state index contributed by atoms with van der Waals surface area (Å²) < 4.78 is 93.9. The lowest BCUT2D eigenvalue weighted by Crippen LogP contribution is -2.41. The number of aliphatic hydroxyl groups is 1. The Morgan fingerprint density at radius 3 is 2.18 bits per heavy atom. The molecule has 1 aliphatic heterocycles. The fourth-order valence-electron chi connectivity index (χ4n) is 1.65. The first kappa shape index (κ1) is 19.5. The molecular formula is C10H16F5NO5S. The molecule has 1 heterocycles. The highest BCUT2D eigenvalue weighted by Gasteiger charge is 2.57. The van der Waals surface area contributed by atoms with E-state index >= 15 is 0 Å². The summed E-state index contributed by atoms with van der Waals surface area (Å²) in [5, 5.41) is 9.64. The smallest absolute Gasteiger partial charge is 0.356 e. The molecule has 2 atom stereocenters. The number of hydrogen-bond donors (Lipinski definition) is 1. The molecule has 22 heavy (non-hydrogen) atoms. The highest BCUT2D eigenvalue weighted by atomic mass is 32.2. The minimum absolute atomic E-state index is 0.585. The maximum atomic E-state index is 13.6. The number of aliphatic hydroxyl groups excluding tert-OH is 1. The molecule has 2 unspecified atom stereocenters. The van der Waals surface area contributed by atoms with E-state index in [9.17, 15) is 35.5 Å². The predicted molar refractivity (Wildman–Crippen MR) is 63.2 cm³/mol. The van der Waals surface area contributed by atoms with Gasteiger partial charge in [0.1, 0.15) is 0 Å². The molecule has 0 bridgehead atoms. The molecule has 0 saturated carbocycles. The summed E-state index contributed by atoms with van der Waals surface area (Å²) in [5.74, 6) is -3.90. The molecule has 1 fully saturated rings. The molecule has 1 N–H and O–H groups in total. The van der Waals surface area contributed by atoms with E-state index in [1.165, 1.54) is 20.8 Å². The van der Waals surface area contributed by atoms with E-state index in [1.807, 2.05) is 0 Å². The largest absolute Gasteiger partial charge is 0.523 e. The first-order valence-corrected chi connectivity index (χ1v) is 7.43. The molecule has 0 aliphatic carbocycles. The summed E-state index contributed by atoms with van der Waals surface area (Å²) in [7, 11) is -6.17. The maximum absolute atomic E-state index is 13.6. The van der Waals surface area contributed by atoms with Gasteiger partial charge in [0, 0.05) is 6.54 Å². The molecule has 0 amide bonds. The lowest BCUT2D eigenvalue weighted by molar-refractivity contribution is -0.237. The van der Waals surface area contributed by atoms with E-state index in [2.05, 4.69) is 4.18 Å². The van der Waals surface area contributed by atoms with Gasteiger partial charge < -0.3 is 9.84 Å². The third-order valence-electron chi connectivity index (χ3n) is 2.58. The Morgan fingerprint density at radius 2 is 1.77 bits per heavy atom. The van der Waals surface area contributed by atoms with Gasteiger partial charge in [0.15, 0.2) is 6.10 Å². The normalized spacial score (nSPS) is 25.4. The molecule has 0 aromatic heterocycles. The summed E-state index contributed by atoms with van der Waals surface area (Å²) in [6.45, 7) is 2.41. The van der Waals surface area contributed by atoms with Gasteiger partial charge in [0.2, 0.25) is 6.41 Å². The minimum Gasteiger partial charge on any atom is -0.356 e. The van der Waals surface area contributed by atoms with E-state index in [4.69, 9.17) is 4.74 Å². The SMILES string of the molecule is CC(C)(C)OC(O)N1CC(OS(=O)(=O)C(F)(F)F)C(F)(F)C1. The topological polar surface area (TPSA) is 76.1 Å². The van der Waals surface area contributed by atoms with Crippen molar-refractivity contribution in [1.82, 2.24) is 4.90 Å². The molecule has 1 aliphatic rings. The molecule has 6 nitrogen and oxygen atoms in total. The molecule has 1 rings (SSSR count). The number of halogens is 5. The third kappa shape index (κ3) is 4.72. The van der Waals surface area contributed by atoms with Gasteiger partial charge in [-0.3, -0.25) is 4.18 Å². The zero-order valence-corrected chi connectivity index (χ0v) is 12.7. The van der Waals surface area contributed by atoms with Gasteiger partial charge >= 0.3 is 15.6 Å². The molecule has 0 aromatic carbocycles. The fourth-order valence-corrected chi connectivity index (χ4v) is 2.27. The lowest BCUT2D eigenvalue weighted by atomic mass is 10.2. The average Bonchev–Trinajstić information content (AvgIpc) is 2.49. The van der Waals surface area contributed by atoms with Crippen molar-refractivity contribution >= 4 is 10.1 Å². The van der Waals surface area contributed by atoms with Gasteiger partial charge in [-0.15, -0.1) is 0 Å². The summed E-state index contributed by atoms with van der Waals surface area (Å²) >= 11 is 0. The van der Waals surface area contributed by atoms with Crippen LogP contribution in [0.15, 0.2) is 0 Å². The zero-order valence-electron chi connectivity index (χ0n) is 11.9. The predicted octanol–water partition coefficient (Wildman–Crippen LogP) is 1.26. The highest BCUT2D eigenvalue weighted by Crippen LogP contribution is 2.35. The monoisotopic (exact) mass is 357 g/mol. The Bertz CT molecular complexity index is 501. The van der Waals surface area contributed by atoms with Gasteiger partial charge in [-0.25, -0.2) is 13.7 Å². The number of nitrogens with zero attached hydrogens (tertiary/aromatic N) is 1. The summed E-state index contributed by atoms with van der Waals surface area (Å²) in [5.41, 5.74) is -6.72. The Morgan fingerprint density at radius 1 is 1.27 bits per heavy atom. The Balaban J connectivity index is 2.84. The van der Waals surface area contributed by atoms with Crippen LogP contribution in [0, 0.1) is 0 Å².